The van der Waals surface area contributed by atoms with E-state index in [9.17, 15) is 4.79 Å². The van der Waals surface area contributed by atoms with Gasteiger partial charge >= 0.3 is 0 Å². The molecule has 1 atom stereocenters. The Morgan fingerprint density at radius 3 is 2.82 bits per heavy atom. The number of nitrogens with zero attached hydrogens (tertiary/aromatic N) is 2. The first-order chi connectivity index (χ1) is 12.6. The lowest BCUT2D eigenvalue weighted by molar-refractivity contribution is 0.0951. The summed E-state index contributed by atoms with van der Waals surface area (Å²) in [6.07, 6.45) is 6.93. The highest BCUT2D eigenvalue weighted by Gasteiger charge is 2.18. The number of halogens is 2. The number of nitrogens with one attached hydrogen (secondary N) is 2. The maximum absolute atomic E-state index is 12.6. The third-order valence-electron chi connectivity index (χ3n) is 5.06. The van der Waals surface area contributed by atoms with Gasteiger partial charge in [-0.15, -0.1) is 24.8 Å². The second-order valence-corrected chi connectivity index (χ2v) is 7.46. The van der Waals surface area contributed by atoms with Crippen LogP contribution >= 0.6 is 24.8 Å². The molecule has 2 aromatic rings. The average Bonchev–Trinajstić information content (AvgIpc) is 3.30. The number of carbonyl (C=O) groups excluding carboxylic acids is 1. The molecule has 0 bridgehead atoms. The van der Waals surface area contributed by atoms with E-state index in [4.69, 9.17) is 0 Å². The fraction of sp³-hybridized carbons (Fsp3) is 0.524. The van der Waals surface area contributed by atoms with E-state index in [1.54, 1.807) is 0 Å². The molecule has 7 heteroatoms. The smallest absolute Gasteiger partial charge is 0.251 e. The van der Waals surface area contributed by atoms with E-state index in [1.165, 1.54) is 6.42 Å². The van der Waals surface area contributed by atoms with Crippen LogP contribution < -0.4 is 10.6 Å². The van der Waals surface area contributed by atoms with E-state index < -0.39 is 0 Å². The summed E-state index contributed by atoms with van der Waals surface area (Å²) in [5.74, 6) is 2.20. The molecular weight excluding hydrogens is 395 g/mol. The molecule has 5 nitrogen and oxygen atoms in total. The lowest BCUT2D eigenvalue weighted by Gasteiger charge is -2.14. The highest BCUT2D eigenvalue weighted by atomic mass is 35.5. The van der Waals surface area contributed by atoms with Crippen molar-refractivity contribution in [2.75, 3.05) is 19.6 Å². The van der Waals surface area contributed by atoms with Gasteiger partial charge in [-0.1, -0.05) is 32.0 Å². The van der Waals surface area contributed by atoms with Gasteiger partial charge in [0, 0.05) is 37.0 Å². The molecule has 0 saturated carbocycles. The van der Waals surface area contributed by atoms with E-state index in [0.717, 1.165) is 49.4 Å². The normalized spacial score (nSPS) is 15.8. The Labute approximate surface area is 180 Å². The summed E-state index contributed by atoms with van der Waals surface area (Å²) in [6, 6.07) is 8.01. The number of carbonyl (C=O) groups is 1. The van der Waals surface area contributed by atoms with Crippen LogP contribution in [-0.2, 0) is 13.0 Å². The number of aromatic nitrogens is 2. The molecule has 0 aliphatic carbocycles. The van der Waals surface area contributed by atoms with Gasteiger partial charge in [0.15, 0.2) is 0 Å². The first kappa shape index (κ1) is 24.5. The van der Waals surface area contributed by atoms with Crippen molar-refractivity contribution in [2.45, 2.75) is 45.6 Å². The van der Waals surface area contributed by atoms with Crippen molar-refractivity contribution < 1.29 is 4.79 Å². The summed E-state index contributed by atoms with van der Waals surface area (Å²) in [7, 11) is 0. The van der Waals surface area contributed by atoms with Gasteiger partial charge in [-0.3, -0.25) is 4.79 Å². The van der Waals surface area contributed by atoms with Crippen LogP contribution in [0.4, 0.5) is 0 Å². The lowest BCUT2D eigenvalue weighted by Crippen LogP contribution is -2.27. The molecule has 0 radical (unpaired) electrons. The van der Waals surface area contributed by atoms with Gasteiger partial charge in [0.05, 0.1) is 0 Å². The molecule has 0 spiro atoms. The zero-order valence-corrected chi connectivity index (χ0v) is 18.3. The number of aryl methyl sites for hydroxylation is 1. The van der Waals surface area contributed by atoms with Crippen molar-refractivity contribution in [1.82, 2.24) is 20.2 Å². The van der Waals surface area contributed by atoms with Crippen molar-refractivity contribution in [1.29, 1.82) is 0 Å². The third kappa shape index (κ3) is 6.50. The first-order valence-electron chi connectivity index (χ1n) is 9.73. The molecule has 1 fully saturated rings. The molecule has 28 heavy (non-hydrogen) atoms. The standard InChI is InChI=1S/C21H30N4O.2ClH/c1-16(2)20-23-11-13-25(20)12-5-9-24-21(26)19-7-4-3-6-18(19)14-17-8-10-22-15-17;;/h3-4,6-7,11,13,16-17,22H,5,8-10,12,14-15H2,1-2H3,(H,24,26);2*1H. The van der Waals surface area contributed by atoms with Gasteiger partial charge in [-0.2, -0.15) is 0 Å². The minimum atomic E-state index is 0. The number of imidazole rings is 1. The van der Waals surface area contributed by atoms with Gasteiger partial charge in [0.25, 0.3) is 5.91 Å². The van der Waals surface area contributed by atoms with Crippen molar-refractivity contribution in [3.63, 3.8) is 0 Å². The van der Waals surface area contributed by atoms with Gasteiger partial charge < -0.3 is 15.2 Å². The van der Waals surface area contributed by atoms with Crippen LogP contribution in [0.5, 0.6) is 0 Å². The lowest BCUT2D eigenvalue weighted by atomic mass is 9.94. The minimum absolute atomic E-state index is 0. The Hall–Kier alpha value is -1.56. The number of amides is 1. The number of hydrogen-bond donors (Lipinski definition) is 2. The molecule has 1 unspecified atom stereocenters. The fourth-order valence-electron chi connectivity index (χ4n) is 3.68. The molecule has 1 aliphatic rings. The molecule has 1 aromatic heterocycles. The van der Waals surface area contributed by atoms with E-state index in [2.05, 4.69) is 40.1 Å². The van der Waals surface area contributed by atoms with Crippen LogP contribution in [0, 0.1) is 5.92 Å². The summed E-state index contributed by atoms with van der Waals surface area (Å²) < 4.78 is 2.18. The van der Waals surface area contributed by atoms with Crippen LogP contribution in [0.2, 0.25) is 0 Å². The second-order valence-electron chi connectivity index (χ2n) is 7.46. The molecule has 156 valence electrons. The molecule has 1 aromatic carbocycles. The van der Waals surface area contributed by atoms with Gasteiger partial charge in [-0.25, -0.2) is 4.98 Å². The Bertz CT molecular complexity index is 727. The SMILES string of the molecule is CC(C)c1nccn1CCCNC(=O)c1ccccc1CC1CCNC1.Cl.Cl. The van der Waals surface area contributed by atoms with Gasteiger partial charge in [0.1, 0.15) is 5.82 Å². The van der Waals surface area contributed by atoms with E-state index in [-0.39, 0.29) is 30.7 Å². The summed E-state index contributed by atoms with van der Waals surface area (Å²) in [5.41, 5.74) is 1.99. The maximum atomic E-state index is 12.6. The molecule has 2 heterocycles. The topological polar surface area (TPSA) is 59.0 Å². The third-order valence-corrected chi connectivity index (χ3v) is 5.06. The predicted molar refractivity (Wildman–Crippen MR) is 119 cm³/mol. The van der Waals surface area contributed by atoms with Crippen molar-refractivity contribution in [3.05, 3.63) is 53.6 Å². The maximum Gasteiger partial charge on any atom is 0.251 e. The first-order valence-corrected chi connectivity index (χ1v) is 9.73. The second kappa shape index (κ2) is 12.1. The molecule has 1 aliphatic heterocycles. The number of hydrogen-bond acceptors (Lipinski definition) is 3. The Morgan fingerprint density at radius 2 is 2.11 bits per heavy atom. The zero-order chi connectivity index (χ0) is 18.4. The van der Waals surface area contributed by atoms with E-state index >= 15 is 0 Å². The van der Waals surface area contributed by atoms with E-state index in [0.29, 0.717) is 18.4 Å². The highest BCUT2D eigenvalue weighted by molar-refractivity contribution is 5.95. The van der Waals surface area contributed by atoms with Crippen LogP contribution in [0.1, 0.15) is 54.4 Å². The van der Waals surface area contributed by atoms with Crippen LogP contribution in [-0.4, -0.2) is 35.1 Å². The van der Waals surface area contributed by atoms with Crippen LogP contribution in [0.15, 0.2) is 36.7 Å². The Morgan fingerprint density at radius 1 is 1.32 bits per heavy atom. The quantitative estimate of drug-likeness (QED) is 0.630. The molecule has 1 saturated heterocycles. The fourth-order valence-corrected chi connectivity index (χ4v) is 3.68. The van der Waals surface area contributed by atoms with Crippen LogP contribution in [0.3, 0.4) is 0 Å². The van der Waals surface area contributed by atoms with E-state index in [1.807, 2.05) is 30.6 Å². The monoisotopic (exact) mass is 426 g/mol. The number of rotatable bonds is 8. The molecular formula is C21H32Cl2N4O. The largest absolute Gasteiger partial charge is 0.352 e. The minimum Gasteiger partial charge on any atom is -0.352 e. The summed E-state index contributed by atoms with van der Waals surface area (Å²) >= 11 is 0. The number of benzene rings is 1. The molecule has 3 rings (SSSR count). The van der Waals surface area contributed by atoms with Gasteiger partial charge in [0.2, 0.25) is 0 Å². The Kier molecular flexibility index (Phi) is 10.6. The van der Waals surface area contributed by atoms with Crippen molar-refractivity contribution in [3.8, 4) is 0 Å². The van der Waals surface area contributed by atoms with Crippen molar-refractivity contribution >= 4 is 30.7 Å². The van der Waals surface area contributed by atoms with Gasteiger partial charge in [-0.05, 0) is 49.9 Å². The zero-order valence-electron chi connectivity index (χ0n) is 16.7. The average molecular weight is 427 g/mol. The molecule has 1 amide bonds. The van der Waals surface area contributed by atoms with Crippen LogP contribution in [0.25, 0.3) is 0 Å². The highest BCUT2D eigenvalue weighted by Crippen LogP contribution is 2.18. The van der Waals surface area contributed by atoms with Crippen molar-refractivity contribution in [2.24, 2.45) is 5.92 Å². The summed E-state index contributed by atoms with van der Waals surface area (Å²) in [4.78, 5) is 17.0. The summed E-state index contributed by atoms with van der Waals surface area (Å²) in [5, 5.41) is 6.49. The summed E-state index contributed by atoms with van der Waals surface area (Å²) in [6.45, 7) is 8.00. The Balaban J connectivity index is 0.00000196. The molecule has 2 N–H and O–H groups in total. The predicted octanol–water partition coefficient (Wildman–Crippen LogP) is 3.82.